The molecule has 0 heterocycles. The summed E-state index contributed by atoms with van der Waals surface area (Å²) in [5.41, 5.74) is 1.28. The Morgan fingerprint density at radius 3 is 2.25 bits per heavy atom. The van der Waals surface area contributed by atoms with E-state index >= 15 is 0 Å². The third kappa shape index (κ3) is 7.23. The van der Waals surface area contributed by atoms with Crippen molar-refractivity contribution < 1.29 is 26.4 Å². The lowest BCUT2D eigenvalue weighted by molar-refractivity contribution is -0.121. The van der Waals surface area contributed by atoms with Crippen LogP contribution in [0.15, 0.2) is 53.4 Å². The molecule has 0 aliphatic rings. The van der Waals surface area contributed by atoms with Gasteiger partial charge in [0.1, 0.15) is 5.75 Å². The zero-order valence-corrected chi connectivity index (χ0v) is 20.4. The highest BCUT2D eigenvalue weighted by Gasteiger charge is 2.19. The second-order valence-electron chi connectivity index (χ2n) is 7.51. The van der Waals surface area contributed by atoms with Crippen LogP contribution in [0.3, 0.4) is 0 Å². The van der Waals surface area contributed by atoms with Gasteiger partial charge >= 0.3 is 0 Å². The zero-order valence-electron chi connectivity index (χ0n) is 18.7. The van der Waals surface area contributed by atoms with Crippen molar-refractivity contribution in [3.63, 3.8) is 0 Å². The molecule has 8 nitrogen and oxygen atoms in total. The number of nitrogens with zero attached hydrogens (tertiary/aromatic N) is 1. The maximum Gasteiger partial charge on any atom is 0.232 e. The smallest absolute Gasteiger partial charge is 0.232 e. The first-order valence-electron chi connectivity index (χ1n) is 10.2. The normalized spacial score (nSPS) is 12.8. The Kier molecular flexibility index (Phi) is 8.68. The summed E-state index contributed by atoms with van der Waals surface area (Å²) in [7, 11) is -5.31. The third-order valence-corrected chi connectivity index (χ3v) is 7.28. The summed E-state index contributed by atoms with van der Waals surface area (Å²) in [6.07, 6.45) is 3.38. The van der Waals surface area contributed by atoms with Crippen LogP contribution in [0.1, 0.15) is 37.8 Å². The summed E-state index contributed by atoms with van der Waals surface area (Å²) in [5.74, 6) is 0.338. The first-order valence-corrected chi connectivity index (χ1v) is 13.9. The van der Waals surface area contributed by atoms with Crippen molar-refractivity contribution in [2.24, 2.45) is 0 Å². The highest BCUT2D eigenvalue weighted by molar-refractivity contribution is 7.92. The molecule has 2 rings (SSSR count). The number of sulfonamides is 1. The maximum absolute atomic E-state index is 12.5. The van der Waals surface area contributed by atoms with Crippen molar-refractivity contribution in [3.05, 3.63) is 54.1 Å². The van der Waals surface area contributed by atoms with Gasteiger partial charge in [0.2, 0.25) is 15.9 Å². The summed E-state index contributed by atoms with van der Waals surface area (Å²) in [6, 6.07) is 12.9. The number of rotatable bonds is 11. The van der Waals surface area contributed by atoms with E-state index in [9.17, 15) is 21.6 Å². The molecule has 0 unspecified atom stereocenters. The molecule has 1 atom stereocenters. The van der Waals surface area contributed by atoms with E-state index < -0.39 is 19.9 Å². The number of carbonyl (C=O) groups excluding carboxylic acids is 1. The van der Waals surface area contributed by atoms with E-state index in [1.807, 2.05) is 6.92 Å². The molecule has 10 heteroatoms. The Hall–Kier alpha value is -2.59. The van der Waals surface area contributed by atoms with Crippen LogP contribution in [0, 0.1) is 0 Å². The zero-order chi connectivity index (χ0) is 23.9. The molecule has 0 saturated heterocycles. The maximum atomic E-state index is 12.5. The van der Waals surface area contributed by atoms with Crippen molar-refractivity contribution in [2.45, 2.75) is 37.1 Å². The fraction of sp³-hybridized carbons (Fsp3) is 0.409. The average molecular weight is 483 g/mol. The minimum atomic E-state index is -3.53. The molecule has 0 aliphatic heterocycles. The van der Waals surface area contributed by atoms with E-state index in [0.29, 0.717) is 24.3 Å². The number of ether oxygens (including phenoxy) is 1. The van der Waals surface area contributed by atoms with Gasteiger partial charge in [0.05, 0.1) is 30.0 Å². The van der Waals surface area contributed by atoms with E-state index in [0.717, 1.165) is 18.1 Å². The van der Waals surface area contributed by atoms with Crippen molar-refractivity contribution in [3.8, 4) is 5.75 Å². The fourth-order valence-corrected chi connectivity index (χ4v) is 4.86. The van der Waals surface area contributed by atoms with E-state index in [4.69, 9.17) is 4.74 Å². The average Bonchev–Trinajstić information content (AvgIpc) is 2.73. The Morgan fingerprint density at radius 2 is 1.72 bits per heavy atom. The number of hydrogen-bond donors (Lipinski definition) is 1. The van der Waals surface area contributed by atoms with Crippen LogP contribution in [0.5, 0.6) is 5.75 Å². The van der Waals surface area contributed by atoms with Gasteiger partial charge in [0.25, 0.3) is 0 Å². The first-order chi connectivity index (χ1) is 15.0. The molecule has 2 aromatic rings. The largest absolute Gasteiger partial charge is 0.497 e. The number of carbonyl (C=O) groups is 1. The fourth-order valence-electron chi connectivity index (χ4n) is 3.27. The molecule has 0 aliphatic carbocycles. The van der Waals surface area contributed by atoms with E-state index in [2.05, 4.69) is 5.32 Å². The molecule has 0 bridgehead atoms. The van der Waals surface area contributed by atoms with Crippen LogP contribution in [-0.2, 0) is 24.7 Å². The summed E-state index contributed by atoms with van der Waals surface area (Å²) >= 11 is 0. The third-order valence-electron chi connectivity index (χ3n) is 4.96. The number of amides is 1. The summed E-state index contributed by atoms with van der Waals surface area (Å²) in [4.78, 5) is 12.7. The van der Waals surface area contributed by atoms with Crippen LogP contribution in [-0.4, -0.2) is 48.9 Å². The van der Waals surface area contributed by atoms with Crippen molar-refractivity contribution >= 4 is 31.5 Å². The van der Waals surface area contributed by atoms with Crippen molar-refractivity contribution in [2.75, 3.05) is 30.5 Å². The second-order valence-corrected chi connectivity index (χ2v) is 11.4. The lowest BCUT2D eigenvalue weighted by atomic mass is 10.0. The standard InChI is InChI=1S/C22H30N2O6S2/c1-5-21(17-11-13-20(14-12-17)31(3,26)27)23-22(25)10-7-15-24(32(4,28)29)18-8-6-9-19(16-18)30-2/h6,8-9,11-14,16,21H,5,7,10,15H2,1-4H3,(H,23,25)/t21-/m1/s1. The lowest BCUT2D eigenvalue weighted by Crippen LogP contribution is -2.33. The van der Waals surface area contributed by atoms with E-state index in [-0.39, 0.29) is 29.8 Å². The van der Waals surface area contributed by atoms with Gasteiger partial charge in [0, 0.05) is 25.3 Å². The predicted molar refractivity (Wildman–Crippen MR) is 125 cm³/mol. The van der Waals surface area contributed by atoms with Crippen LogP contribution in [0.25, 0.3) is 0 Å². The summed E-state index contributed by atoms with van der Waals surface area (Å²) < 4.78 is 54.2. The Labute approximate surface area is 190 Å². The van der Waals surface area contributed by atoms with E-state index in [1.54, 1.807) is 36.4 Å². The van der Waals surface area contributed by atoms with Gasteiger partial charge in [-0.25, -0.2) is 16.8 Å². The van der Waals surface area contributed by atoms with Crippen LogP contribution < -0.4 is 14.4 Å². The molecular formula is C22H30N2O6S2. The second kappa shape index (κ2) is 10.8. The molecular weight excluding hydrogens is 452 g/mol. The van der Waals surface area contributed by atoms with Gasteiger partial charge in [-0.05, 0) is 42.7 Å². The van der Waals surface area contributed by atoms with Crippen LogP contribution in [0.2, 0.25) is 0 Å². The Balaban J connectivity index is 2.00. The molecule has 0 spiro atoms. The highest BCUT2D eigenvalue weighted by Crippen LogP contribution is 2.24. The SMILES string of the molecule is CC[C@@H](NC(=O)CCCN(c1cccc(OC)c1)S(C)(=O)=O)c1ccc(S(C)(=O)=O)cc1. The van der Waals surface area contributed by atoms with Crippen LogP contribution in [0.4, 0.5) is 5.69 Å². The van der Waals surface area contributed by atoms with Gasteiger partial charge in [-0.3, -0.25) is 9.10 Å². The molecule has 1 amide bonds. The minimum Gasteiger partial charge on any atom is -0.497 e. The van der Waals surface area contributed by atoms with Gasteiger partial charge in [-0.1, -0.05) is 25.1 Å². The topological polar surface area (TPSA) is 110 Å². The minimum absolute atomic E-state index is 0.147. The number of nitrogens with one attached hydrogen (secondary N) is 1. The molecule has 32 heavy (non-hydrogen) atoms. The van der Waals surface area contributed by atoms with Gasteiger partial charge < -0.3 is 10.1 Å². The monoisotopic (exact) mass is 482 g/mol. The van der Waals surface area contributed by atoms with Crippen molar-refractivity contribution in [1.82, 2.24) is 5.32 Å². The molecule has 1 N–H and O–H groups in total. The van der Waals surface area contributed by atoms with E-state index in [1.165, 1.54) is 23.5 Å². The van der Waals surface area contributed by atoms with Crippen molar-refractivity contribution in [1.29, 1.82) is 0 Å². The number of methoxy groups -OCH3 is 1. The van der Waals surface area contributed by atoms with Gasteiger partial charge in [-0.2, -0.15) is 0 Å². The van der Waals surface area contributed by atoms with Crippen LogP contribution >= 0.6 is 0 Å². The highest BCUT2D eigenvalue weighted by atomic mass is 32.2. The molecule has 0 saturated carbocycles. The first kappa shape index (κ1) is 25.7. The molecule has 176 valence electrons. The number of anilines is 1. The van der Waals surface area contributed by atoms with Gasteiger partial charge in [-0.15, -0.1) is 0 Å². The number of benzene rings is 2. The summed E-state index contributed by atoms with van der Waals surface area (Å²) in [6.45, 7) is 2.07. The predicted octanol–water partition coefficient (Wildman–Crippen LogP) is 2.91. The summed E-state index contributed by atoms with van der Waals surface area (Å²) in [5, 5.41) is 2.94. The molecule has 0 aromatic heterocycles. The molecule has 0 radical (unpaired) electrons. The lowest BCUT2D eigenvalue weighted by Gasteiger charge is -2.23. The quantitative estimate of drug-likeness (QED) is 0.527. The Bertz CT molecular complexity index is 1130. The molecule has 2 aromatic carbocycles. The number of hydrogen-bond acceptors (Lipinski definition) is 6. The van der Waals surface area contributed by atoms with Gasteiger partial charge in [0.15, 0.2) is 9.84 Å². The number of sulfone groups is 1. The molecule has 0 fully saturated rings. The Morgan fingerprint density at radius 1 is 1.06 bits per heavy atom.